The Morgan fingerprint density at radius 2 is 1.90 bits per heavy atom. The van der Waals surface area contributed by atoms with E-state index in [-0.39, 0.29) is 30.3 Å². The molecule has 1 saturated heterocycles. The molecule has 1 rings (SSSR count). The van der Waals surface area contributed by atoms with Crippen LogP contribution in [0.1, 0.15) is 46.0 Å². The van der Waals surface area contributed by atoms with E-state index in [2.05, 4.69) is 19.2 Å². The zero-order valence-corrected chi connectivity index (χ0v) is 13.4. The van der Waals surface area contributed by atoms with Gasteiger partial charge in [-0.25, -0.2) is 0 Å². The van der Waals surface area contributed by atoms with Crippen LogP contribution in [0.15, 0.2) is 0 Å². The first kappa shape index (κ1) is 19.6. The van der Waals surface area contributed by atoms with Gasteiger partial charge in [-0.3, -0.25) is 4.79 Å². The van der Waals surface area contributed by atoms with Gasteiger partial charge in [-0.2, -0.15) is 0 Å². The Hall–Kier alpha value is -0.360. The quantitative estimate of drug-likeness (QED) is 0.660. The number of nitrogens with one attached hydrogen (secondary N) is 1. The van der Waals surface area contributed by atoms with Crippen molar-refractivity contribution in [3.63, 3.8) is 0 Å². The van der Waals surface area contributed by atoms with Crippen LogP contribution in [0, 0.1) is 5.41 Å². The van der Waals surface area contributed by atoms with Crippen LogP contribution in [0.4, 0.5) is 0 Å². The molecule has 0 spiro atoms. The van der Waals surface area contributed by atoms with E-state index in [9.17, 15) is 9.90 Å². The van der Waals surface area contributed by atoms with Crippen LogP contribution in [-0.4, -0.2) is 42.9 Å². The number of halogens is 1. The number of hydrogen-bond donors (Lipinski definition) is 3. The minimum absolute atomic E-state index is 0. The molecule has 1 amide bonds. The van der Waals surface area contributed by atoms with Crippen molar-refractivity contribution in [1.82, 2.24) is 5.32 Å². The smallest absolute Gasteiger partial charge is 0.240 e. The molecular weight excluding hydrogens is 280 g/mol. The Kier molecular flexibility index (Phi) is 8.66. The fourth-order valence-corrected chi connectivity index (χ4v) is 2.59. The van der Waals surface area contributed by atoms with Crippen molar-refractivity contribution in [1.29, 1.82) is 0 Å². The van der Waals surface area contributed by atoms with Crippen molar-refractivity contribution >= 4 is 18.3 Å². The summed E-state index contributed by atoms with van der Waals surface area (Å²) in [7, 11) is 0. The number of ether oxygens (including phenoxy) is 1. The normalized spacial score (nSPS) is 18.2. The third kappa shape index (κ3) is 4.88. The van der Waals surface area contributed by atoms with E-state index < -0.39 is 5.54 Å². The van der Waals surface area contributed by atoms with Gasteiger partial charge in [0.1, 0.15) is 0 Å². The summed E-state index contributed by atoms with van der Waals surface area (Å²) in [5, 5.41) is 12.2. The van der Waals surface area contributed by atoms with Crippen LogP contribution in [-0.2, 0) is 9.53 Å². The van der Waals surface area contributed by atoms with E-state index in [1.54, 1.807) is 0 Å². The molecule has 0 aromatic carbocycles. The minimum Gasteiger partial charge on any atom is -0.396 e. The number of carbonyl (C=O) groups excluding carboxylic acids is 1. The second kappa shape index (κ2) is 8.82. The highest BCUT2D eigenvalue weighted by atomic mass is 35.5. The first-order chi connectivity index (χ1) is 9.02. The Labute approximate surface area is 128 Å². The third-order valence-electron chi connectivity index (χ3n) is 4.60. The Morgan fingerprint density at radius 1 is 1.35 bits per heavy atom. The van der Waals surface area contributed by atoms with Gasteiger partial charge in [-0.15, -0.1) is 12.4 Å². The van der Waals surface area contributed by atoms with Gasteiger partial charge in [-0.1, -0.05) is 13.8 Å². The molecule has 5 nitrogen and oxygen atoms in total. The van der Waals surface area contributed by atoms with Crippen molar-refractivity contribution in [3.8, 4) is 0 Å². The summed E-state index contributed by atoms with van der Waals surface area (Å²) in [4.78, 5) is 12.2. The molecule has 4 N–H and O–H groups in total. The number of aliphatic hydroxyl groups excluding tert-OH is 1. The largest absolute Gasteiger partial charge is 0.396 e. The van der Waals surface area contributed by atoms with Gasteiger partial charge in [0.2, 0.25) is 5.91 Å². The topological polar surface area (TPSA) is 84.6 Å². The van der Waals surface area contributed by atoms with Crippen molar-refractivity contribution in [2.45, 2.75) is 51.5 Å². The lowest BCUT2D eigenvalue weighted by Gasteiger charge is -2.35. The highest BCUT2D eigenvalue weighted by molar-refractivity contribution is 5.86. The van der Waals surface area contributed by atoms with Gasteiger partial charge in [0, 0.05) is 26.4 Å². The molecule has 0 unspecified atom stereocenters. The third-order valence-corrected chi connectivity index (χ3v) is 4.60. The molecule has 1 aliphatic rings. The monoisotopic (exact) mass is 308 g/mol. The van der Waals surface area contributed by atoms with E-state index in [1.165, 1.54) is 0 Å². The molecule has 0 bridgehead atoms. The van der Waals surface area contributed by atoms with Crippen molar-refractivity contribution in [2.24, 2.45) is 11.1 Å². The molecule has 120 valence electrons. The van der Waals surface area contributed by atoms with E-state index in [4.69, 9.17) is 10.5 Å². The summed E-state index contributed by atoms with van der Waals surface area (Å²) in [6.45, 7) is 6.02. The van der Waals surface area contributed by atoms with Crippen LogP contribution >= 0.6 is 12.4 Å². The standard InChI is InChI=1S/C14H28N2O3.ClH/c1-3-13(4-2,5-8-17)11-16-12(18)14(15)6-9-19-10-7-14;/h17H,3-11,15H2,1-2H3,(H,16,18);1H. The summed E-state index contributed by atoms with van der Waals surface area (Å²) < 4.78 is 5.25. The van der Waals surface area contributed by atoms with E-state index >= 15 is 0 Å². The summed E-state index contributed by atoms with van der Waals surface area (Å²) >= 11 is 0. The predicted molar refractivity (Wildman–Crippen MR) is 81.9 cm³/mol. The van der Waals surface area contributed by atoms with Gasteiger partial charge in [0.05, 0.1) is 5.54 Å². The molecule has 0 aromatic heterocycles. The minimum atomic E-state index is -0.787. The average molecular weight is 309 g/mol. The first-order valence-corrected chi connectivity index (χ1v) is 7.28. The second-order valence-corrected chi connectivity index (χ2v) is 5.63. The van der Waals surface area contributed by atoms with Crippen molar-refractivity contribution < 1.29 is 14.6 Å². The molecule has 0 atom stereocenters. The van der Waals surface area contributed by atoms with Gasteiger partial charge in [0.15, 0.2) is 0 Å². The Morgan fingerprint density at radius 3 is 2.35 bits per heavy atom. The van der Waals surface area contributed by atoms with Crippen LogP contribution in [0.2, 0.25) is 0 Å². The zero-order valence-electron chi connectivity index (χ0n) is 12.6. The average Bonchev–Trinajstić information content (AvgIpc) is 2.44. The Balaban J connectivity index is 0.00000361. The summed E-state index contributed by atoms with van der Waals surface area (Å²) in [5.41, 5.74) is 5.34. The molecule has 0 radical (unpaired) electrons. The second-order valence-electron chi connectivity index (χ2n) is 5.63. The molecule has 1 heterocycles. The molecule has 0 aliphatic carbocycles. The highest BCUT2D eigenvalue weighted by Crippen LogP contribution is 2.29. The number of amides is 1. The molecule has 6 heteroatoms. The molecule has 1 aliphatic heterocycles. The van der Waals surface area contributed by atoms with E-state index in [0.717, 1.165) is 12.8 Å². The van der Waals surface area contributed by atoms with E-state index in [0.29, 0.717) is 39.0 Å². The van der Waals surface area contributed by atoms with Gasteiger partial charge in [-0.05, 0) is 37.5 Å². The maximum atomic E-state index is 12.2. The van der Waals surface area contributed by atoms with E-state index in [1.807, 2.05) is 0 Å². The Bertz CT molecular complexity index is 290. The summed E-state index contributed by atoms with van der Waals surface area (Å²) in [6, 6.07) is 0. The molecule has 20 heavy (non-hydrogen) atoms. The SMILES string of the molecule is CCC(CC)(CCO)CNC(=O)C1(N)CCOCC1.Cl. The highest BCUT2D eigenvalue weighted by Gasteiger charge is 2.37. The number of carbonyl (C=O) groups is 1. The van der Waals surface area contributed by atoms with Crippen LogP contribution < -0.4 is 11.1 Å². The fourth-order valence-electron chi connectivity index (χ4n) is 2.59. The molecule has 0 saturated carbocycles. The lowest BCUT2D eigenvalue weighted by atomic mass is 9.79. The molecule has 1 fully saturated rings. The number of aliphatic hydroxyl groups is 1. The lowest BCUT2D eigenvalue weighted by molar-refractivity contribution is -0.130. The van der Waals surface area contributed by atoms with Gasteiger partial charge >= 0.3 is 0 Å². The van der Waals surface area contributed by atoms with Crippen LogP contribution in [0.3, 0.4) is 0 Å². The summed E-state index contributed by atoms with van der Waals surface area (Å²) in [5.74, 6) is -0.0833. The molecule has 0 aromatic rings. The number of nitrogens with two attached hydrogens (primary N) is 1. The summed E-state index contributed by atoms with van der Waals surface area (Å²) in [6.07, 6.45) is 3.73. The first-order valence-electron chi connectivity index (χ1n) is 7.28. The number of rotatable bonds is 7. The maximum Gasteiger partial charge on any atom is 0.240 e. The van der Waals surface area contributed by atoms with Crippen molar-refractivity contribution in [3.05, 3.63) is 0 Å². The van der Waals surface area contributed by atoms with Crippen LogP contribution in [0.5, 0.6) is 0 Å². The fraction of sp³-hybridized carbons (Fsp3) is 0.929. The van der Waals surface area contributed by atoms with Gasteiger partial charge in [0.25, 0.3) is 0 Å². The van der Waals surface area contributed by atoms with Crippen LogP contribution in [0.25, 0.3) is 0 Å². The number of hydrogen-bond acceptors (Lipinski definition) is 4. The van der Waals surface area contributed by atoms with Gasteiger partial charge < -0.3 is 20.9 Å². The molecular formula is C14H29ClN2O3. The van der Waals surface area contributed by atoms with Crippen molar-refractivity contribution in [2.75, 3.05) is 26.4 Å². The predicted octanol–water partition coefficient (Wildman–Crippen LogP) is 1.22. The maximum absolute atomic E-state index is 12.2. The zero-order chi connectivity index (χ0) is 14.4. The lowest BCUT2D eigenvalue weighted by Crippen LogP contribution is -2.58.